The number of ether oxygens (including phenoxy) is 2. The van der Waals surface area contributed by atoms with Crippen LogP contribution in [0.2, 0.25) is 0 Å². The topological polar surface area (TPSA) is 47.6 Å². The van der Waals surface area contributed by atoms with E-state index in [0.29, 0.717) is 19.4 Å². The zero-order valence-corrected chi connectivity index (χ0v) is 16.9. The van der Waals surface area contributed by atoms with Gasteiger partial charge in [-0.3, -0.25) is 4.79 Å². The van der Waals surface area contributed by atoms with Gasteiger partial charge in [0.05, 0.1) is 19.8 Å². The highest BCUT2D eigenvalue weighted by molar-refractivity contribution is 5.77. The van der Waals surface area contributed by atoms with E-state index in [9.17, 15) is 4.79 Å². The number of nitrogens with one attached hydrogen (secondary N) is 1. The number of methoxy groups -OCH3 is 1. The summed E-state index contributed by atoms with van der Waals surface area (Å²) in [6.45, 7) is 2.54. The van der Waals surface area contributed by atoms with Crippen LogP contribution in [0.4, 0.5) is 0 Å². The second-order valence-electron chi connectivity index (χ2n) is 6.95. The molecule has 1 amide bonds. The molecular formula is C25H27NO3. The van der Waals surface area contributed by atoms with E-state index < -0.39 is 0 Å². The first kappa shape index (κ1) is 20.5. The van der Waals surface area contributed by atoms with Crippen LogP contribution in [0, 0.1) is 6.92 Å². The van der Waals surface area contributed by atoms with Crippen molar-refractivity contribution in [2.75, 3.05) is 13.7 Å². The first-order valence-corrected chi connectivity index (χ1v) is 9.83. The Morgan fingerprint density at radius 3 is 2.14 bits per heavy atom. The molecule has 0 spiro atoms. The van der Waals surface area contributed by atoms with Gasteiger partial charge in [-0.25, -0.2) is 0 Å². The van der Waals surface area contributed by atoms with E-state index in [0.717, 1.165) is 22.6 Å². The molecule has 0 radical (unpaired) electrons. The van der Waals surface area contributed by atoms with E-state index in [1.54, 1.807) is 7.11 Å². The third kappa shape index (κ3) is 6.11. The summed E-state index contributed by atoms with van der Waals surface area (Å²) in [4.78, 5) is 12.6. The van der Waals surface area contributed by atoms with Crippen LogP contribution in [0.5, 0.6) is 11.5 Å². The molecule has 1 N–H and O–H groups in total. The molecule has 0 heterocycles. The standard InChI is InChI=1S/C25H27NO3/c1-19-10-12-21(13-11-19)25(20-7-4-3-5-8-20)26-24(27)9-6-18-29-23-16-14-22(28-2)15-17-23/h3-5,7-8,10-17,25H,6,9,18H2,1-2H3,(H,26,27)/t25-/m0/s1. The Balaban J connectivity index is 1.54. The molecule has 0 aliphatic carbocycles. The fraction of sp³-hybridized carbons (Fsp3) is 0.240. The summed E-state index contributed by atoms with van der Waals surface area (Å²) in [5.74, 6) is 1.57. The van der Waals surface area contributed by atoms with Gasteiger partial charge in [0.2, 0.25) is 5.91 Å². The van der Waals surface area contributed by atoms with Crippen molar-refractivity contribution in [3.8, 4) is 11.5 Å². The molecule has 3 rings (SSSR count). The summed E-state index contributed by atoms with van der Waals surface area (Å²) in [5.41, 5.74) is 3.34. The maximum absolute atomic E-state index is 12.6. The Morgan fingerprint density at radius 1 is 0.862 bits per heavy atom. The molecule has 0 unspecified atom stereocenters. The third-order valence-electron chi connectivity index (χ3n) is 4.73. The van der Waals surface area contributed by atoms with E-state index in [1.807, 2.05) is 54.6 Å². The van der Waals surface area contributed by atoms with Crippen molar-refractivity contribution in [3.63, 3.8) is 0 Å². The lowest BCUT2D eigenvalue weighted by molar-refractivity contribution is -0.121. The summed E-state index contributed by atoms with van der Waals surface area (Å²) >= 11 is 0. The minimum absolute atomic E-state index is 0.0118. The fourth-order valence-corrected chi connectivity index (χ4v) is 3.09. The quantitative estimate of drug-likeness (QED) is 0.520. The molecule has 3 aromatic rings. The number of hydrogen-bond acceptors (Lipinski definition) is 3. The van der Waals surface area contributed by atoms with Gasteiger partial charge in [-0.15, -0.1) is 0 Å². The van der Waals surface area contributed by atoms with Gasteiger partial charge in [-0.05, 0) is 48.7 Å². The van der Waals surface area contributed by atoms with Crippen molar-refractivity contribution in [1.82, 2.24) is 5.32 Å². The monoisotopic (exact) mass is 389 g/mol. The predicted molar refractivity (Wildman–Crippen MR) is 115 cm³/mol. The molecule has 0 bridgehead atoms. The lowest BCUT2D eigenvalue weighted by Gasteiger charge is -2.20. The smallest absolute Gasteiger partial charge is 0.220 e. The second-order valence-corrected chi connectivity index (χ2v) is 6.95. The van der Waals surface area contributed by atoms with Crippen LogP contribution in [-0.2, 0) is 4.79 Å². The summed E-state index contributed by atoms with van der Waals surface area (Å²) < 4.78 is 10.8. The van der Waals surface area contributed by atoms with Crippen molar-refractivity contribution < 1.29 is 14.3 Å². The van der Waals surface area contributed by atoms with Crippen molar-refractivity contribution in [3.05, 3.63) is 95.6 Å². The predicted octanol–water partition coefficient (Wildman–Crippen LogP) is 5.07. The highest BCUT2D eigenvalue weighted by atomic mass is 16.5. The Morgan fingerprint density at radius 2 is 1.48 bits per heavy atom. The molecule has 0 saturated carbocycles. The largest absolute Gasteiger partial charge is 0.497 e. The SMILES string of the molecule is COc1ccc(OCCCC(=O)N[C@@H](c2ccccc2)c2ccc(C)cc2)cc1. The molecule has 3 aromatic carbocycles. The van der Waals surface area contributed by atoms with E-state index >= 15 is 0 Å². The average Bonchev–Trinajstić information content (AvgIpc) is 2.77. The van der Waals surface area contributed by atoms with Gasteiger partial charge in [-0.2, -0.15) is 0 Å². The normalized spacial score (nSPS) is 11.5. The van der Waals surface area contributed by atoms with Gasteiger partial charge in [0.15, 0.2) is 0 Å². The van der Waals surface area contributed by atoms with E-state index in [1.165, 1.54) is 5.56 Å². The molecular weight excluding hydrogens is 362 g/mol. The summed E-state index contributed by atoms with van der Waals surface area (Å²) in [6.07, 6.45) is 1.05. The molecule has 0 aliphatic heterocycles. The van der Waals surface area contributed by atoms with Crippen LogP contribution in [-0.4, -0.2) is 19.6 Å². The minimum atomic E-state index is -0.160. The summed E-state index contributed by atoms with van der Waals surface area (Å²) in [5, 5.41) is 3.17. The van der Waals surface area contributed by atoms with Gasteiger partial charge >= 0.3 is 0 Å². The van der Waals surface area contributed by atoms with Crippen molar-refractivity contribution in [2.45, 2.75) is 25.8 Å². The van der Waals surface area contributed by atoms with Crippen LogP contribution in [0.3, 0.4) is 0 Å². The molecule has 0 aliphatic rings. The van der Waals surface area contributed by atoms with E-state index in [2.05, 4.69) is 36.5 Å². The summed E-state index contributed by atoms with van der Waals surface area (Å²) in [6, 6.07) is 25.6. The highest BCUT2D eigenvalue weighted by Gasteiger charge is 2.16. The van der Waals surface area contributed by atoms with E-state index in [4.69, 9.17) is 9.47 Å². The van der Waals surface area contributed by atoms with Crippen molar-refractivity contribution in [1.29, 1.82) is 0 Å². The molecule has 0 saturated heterocycles. The minimum Gasteiger partial charge on any atom is -0.497 e. The van der Waals surface area contributed by atoms with Gasteiger partial charge in [0, 0.05) is 6.42 Å². The lowest BCUT2D eigenvalue weighted by atomic mass is 9.97. The molecule has 0 aromatic heterocycles. The maximum Gasteiger partial charge on any atom is 0.220 e. The molecule has 29 heavy (non-hydrogen) atoms. The summed E-state index contributed by atoms with van der Waals surface area (Å²) in [7, 11) is 1.63. The van der Waals surface area contributed by atoms with Crippen LogP contribution in [0.1, 0.15) is 35.6 Å². The Hall–Kier alpha value is -3.27. The van der Waals surface area contributed by atoms with Gasteiger partial charge in [0.25, 0.3) is 0 Å². The lowest BCUT2D eigenvalue weighted by Crippen LogP contribution is -2.29. The number of rotatable bonds is 9. The Labute approximate surface area is 172 Å². The van der Waals surface area contributed by atoms with Crippen LogP contribution in [0.25, 0.3) is 0 Å². The number of hydrogen-bond donors (Lipinski definition) is 1. The molecule has 0 fully saturated rings. The molecule has 4 nitrogen and oxygen atoms in total. The Kier molecular flexibility index (Phi) is 7.28. The van der Waals surface area contributed by atoms with Gasteiger partial charge in [-0.1, -0.05) is 60.2 Å². The zero-order chi connectivity index (χ0) is 20.5. The van der Waals surface area contributed by atoms with Crippen LogP contribution in [0.15, 0.2) is 78.9 Å². The van der Waals surface area contributed by atoms with Gasteiger partial charge in [0.1, 0.15) is 11.5 Å². The van der Waals surface area contributed by atoms with Crippen molar-refractivity contribution in [2.24, 2.45) is 0 Å². The molecule has 4 heteroatoms. The second kappa shape index (κ2) is 10.3. The maximum atomic E-state index is 12.6. The third-order valence-corrected chi connectivity index (χ3v) is 4.73. The van der Waals surface area contributed by atoms with Crippen molar-refractivity contribution >= 4 is 5.91 Å². The number of aryl methyl sites for hydroxylation is 1. The Bertz CT molecular complexity index is 890. The van der Waals surface area contributed by atoms with E-state index in [-0.39, 0.29) is 11.9 Å². The first-order chi connectivity index (χ1) is 14.2. The van der Waals surface area contributed by atoms with Crippen LogP contribution < -0.4 is 14.8 Å². The molecule has 150 valence electrons. The number of carbonyl (C=O) groups is 1. The zero-order valence-electron chi connectivity index (χ0n) is 16.9. The fourth-order valence-electron chi connectivity index (χ4n) is 3.09. The molecule has 1 atom stereocenters. The van der Waals surface area contributed by atoms with Crippen LogP contribution >= 0.6 is 0 Å². The average molecular weight is 389 g/mol. The number of benzene rings is 3. The first-order valence-electron chi connectivity index (χ1n) is 9.83. The van der Waals surface area contributed by atoms with Gasteiger partial charge < -0.3 is 14.8 Å². The highest BCUT2D eigenvalue weighted by Crippen LogP contribution is 2.23. The number of carbonyl (C=O) groups excluding carboxylic acids is 1. The number of amides is 1.